The lowest BCUT2D eigenvalue weighted by Gasteiger charge is -2.13. The molecule has 2 N–H and O–H groups in total. The van der Waals surface area contributed by atoms with Gasteiger partial charge in [0.2, 0.25) is 0 Å². The van der Waals surface area contributed by atoms with Crippen molar-refractivity contribution >= 4 is 0 Å². The lowest BCUT2D eigenvalue weighted by atomic mass is 10.1. The van der Waals surface area contributed by atoms with Crippen molar-refractivity contribution in [2.45, 2.75) is 26.4 Å². The smallest absolute Gasteiger partial charge is 0.0717 e. The minimum atomic E-state index is 0.513. The molecule has 0 fully saturated rings. The van der Waals surface area contributed by atoms with E-state index in [1.165, 1.54) is 12.0 Å². The molecule has 0 aromatic heterocycles. The van der Waals surface area contributed by atoms with Crippen LogP contribution in [0, 0.1) is 5.92 Å². The highest BCUT2D eigenvalue weighted by Gasteiger charge is 2.05. The van der Waals surface area contributed by atoms with Crippen LogP contribution in [0.5, 0.6) is 0 Å². The van der Waals surface area contributed by atoms with Crippen molar-refractivity contribution in [1.29, 1.82) is 0 Å². The molecule has 0 amide bonds. The second kappa shape index (κ2) is 7.43. The Balaban J connectivity index is 2.20. The average Bonchev–Trinajstić information content (AvgIpc) is 2.29. The number of hydrogen-bond donors (Lipinski definition) is 1. The first-order valence-corrected chi connectivity index (χ1v) is 5.68. The third-order valence-corrected chi connectivity index (χ3v) is 2.50. The topological polar surface area (TPSA) is 35.2 Å². The molecule has 0 radical (unpaired) electrons. The van der Waals surface area contributed by atoms with E-state index in [0.717, 1.165) is 19.6 Å². The van der Waals surface area contributed by atoms with E-state index in [1.807, 2.05) is 18.2 Å². The van der Waals surface area contributed by atoms with Crippen molar-refractivity contribution in [2.24, 2.45) is 11.7 Å². The van der Waals surface area contributed by atoms with Gasteiger partial charge in [0.1, 0.15) is 0 Å². The molecule has 1 atom stereocenters. The first-order valence-electron chi connectivity index (χ1n) is 5.68. The first-order chi connectivity index (χ1) is 7.36. The molecule has 0 aliphatic carbocycles. The third-order valence-electron chi connectivity index (χ3n) is 2.50. The van der Waals surface area contributed by atoms with Crippen molar-refractivity contribution < 1.29 is 4.74 Å². The zero-order valence-electron chi connectivity index (χ0n) is 9.49. The van der Waals surface area contributed by atoms with Crippen molar-refractivity contribution in [1.82, 2.24) is 0 Å². The molecule has 1 unspecified atom stereocenters. The molecule has 2 nitrogen and oxygen atoms in total. The van der Waals surface area contributed by atoms with Gasteiger partial charge in [-0.05, 0) is 24.4 Å². The Morgan fingerprint density at radius 3 is 2.60 bits per heavy atom. The van der Waals surface area contributed by atoms with Crippen LogP contribution in [0.4, 0.5) is 0 Å². The van der Waals surface area contributed by atoms with Crippen LogP contribution in [-0.4, -0.2) is 13.2 Å². The number of benzene rings is 1. The van der Waals surface area contributed by atoms with Crippen molar-refractivity contribution in [3.8, 4) is 0 Å². The Bertz CT molecular complexity index is 248. The maximum Gasteiger partial charge on any atom is 0.0717 e. The highest BCUT2D eigenvalue weighted by atomic mass is 16.5. The summed E-state index contributed by atoms with van der Waals surface area (Å²) >= 11 is 0. The molecule has 2 heteroatoms. The van der Waals surface area contributed by atoms with Gasteiger partial charge in [-0.2, -0.15) is 0 Å². The predicted molar refractivity (Wildman–Crippen MR) is 63.6 cm³/mol. The highest BCUT2D eigenvalue weighted by molar-refractivity contribution is 5.13. The van der Waals surface area contributed by atoms with Crippen molar-refractivity contribution in [3.05, 3.63) is 35.9 Å². The van der Waals surface area contributed by atoms with Crippen LogP contribution in [0.2, 0.25) is 0 Å². The van der Waals surface area contributed by atoms with Crippen LogP contribution < -0.4 is 5.73 Å². The van der Waals surface area contributed by atoms with E-state index in [9.17, 15) is 0 Å². The molecule has 0 spiro atoms. The molecule has 0 saturated heterocycles. The molecule has 0 bridgehead atoms. The van der Waals surface area contributed by atoms with Gasteiger partial charge in [-0.3, -0.25) is 0 Å². The minimum Gasteiger partial charge on any atom is -0.376 e. The summed E-state index contributed by atoms with van der Waals surface area (Å²) in [5.74, 6) is 0.513. The maximum atomic E-state index is 5.66. The lowest BCUT2D eigenvalue weighted by Crippen LogP contribution is -2.19. The summed E-state index contributed by atoms with van der Waals surface area (Å²) in [6.07, 6.45) is 2.34. The van der Waals surface area contributed by atoms with Crippen molar-refractivity contribution in [2.75, 3.05) is 13.2 Å². The largest absolute Gasteiger partial charge is 0.376 e. The zero-order chi connectivity index (χ0) is 10.9. The quantitative estimate of drug-likeness (QED) is 0.746. The highest BCUT2D eigenvalue weighted by Crippen LogP contribution is 2.07. The minimum absolute atomic E-state index is 0.513. The second-order valence-corrected chi connectivity index (χ2v) is 3.89. The zero-order valence-corrected chi connectivity index (χ0v) is 9.49. The summed E-state index contributed by atoms with van der Waals surface area (Å²) in [6.45, 7) is 4.38. The van der Waals surface area contributed by atoms with Gasteiger partial charge in [0.05, 0.1) is 13.2 Å². The summed E-state index contributed by atoms with van der Waals surface area (Å²) in [6, 6.07) is 10.2. The number of hydrogen-bond acceptors (Lipinski definition) is 2. The van der Waals surface area contributed by atoms with Crippen LogP contribution >= 0.6 is 0 Å². The van der Waals surface area contributed by atoms with E-state index >= 15 is 0 Å². The molecule has 0 heterocycles. The fraction of sp³-hybridized carbons (Fsp3) is 0.538. The SMILES string of the molecule is CCCC(CN)COCc1ccccc1. The van der Waals surface area contributed by atoms with Crippen LogP contribution in [-0.2, 0) is 11.3 Å². The summed E-state index contributed by atoms with van der Waals surface area (Å²) < 4.78 is 5.65. The summed E-state index contributed by atoms with van der Waals surface area (Å²) in [5.41, 5.74) is 6.88. The number of rotatable bonds is 7. The van der Waals surface area contributed by atoms with E-state index < -0.39 is 0 Å². The van der Waals surface area contributed by atoms with Gasteiger partial charge in [0, 0.05) is 0 Å². The molecule has 15 heavy (non-hydrogen) atoms. The second-order valence-electron chi connectivity index (χ2n) is 3.89. The van der Waals surface area contributed by atoms with Crippen LogP contribution in [0.1, 0.15) is 25.3 Å². The molecule has 0 aliphatic heterocycles. The molecule has 0 aliphatic rings. The van der Waals surface area contributed by atoms with Gasteiger partial charge in [-0.15, -0.1) is 0 Å². The van der Waals surface area contributed by atoms with Gasteiger partial charge in [-0.25, -0.2) is 0 Å². The van der Waals surface area contributed by atoms with Crippen LogP contribution in [0.25, 0.3) is 0 Å². The molecular formula is C13H21NO. The van der Waals surface area contributed by atoms with Gasteiger partial charge in [0.25, 0.3) is 0 Å². The van der Waals surface area contributed by atoms with E-state index in [0.29, 0.717) is 12.5 Å². The molecular weight excluding hydrogens is 186 g/mol. The first kappa shape index (κ1) is 12.2. The van der Waals surface area contributed by atoms with E-state index in [1.54, 1.807) is 0 Å². The maximum absolute atomic E-state index is 5.66. The average molecular weight is 207 g/mol. The predicted octanol–water partition coefficient (Wildman–Crippen LogP) is 2.58. The molecule has 1 aromatic rings. The van der Waals surface area contributed by atoms with Crippen LogP contribution in [0.3, 0.4) is 0 Å². The van der Waals surface area contributed by atoms with Crippen LogP contribution in [0.15, 0.2) is 30.3 Å². The fourth-order valence-electron chi connectivity index (χ4n) is 1.60. The summed E-state index contributed by atoms with van der Waals surface area (Å²) in [7, 11) is 0. The van der Waals surface area contributed by atoms with E-state index in [4.69, 9.17) is 10.5 Å². The molecule has 1 rings (SSSR count). The molecule has 0 saturated carbocycles. The van der Waals surface area contributed by atoms with E-state index in [2.05, 4.69) is 19.1 Å². The number of nitrogens with two attached hydrogens (primary N) is 1. The van der Waals surface area contributed by atoms with Crippen molar-refractivity contribution in [3.63, 3.8) is 0 Å². The summed E-state index contributed by atoms with van der Waals surface area (Å²) in [4.78, 5) is 0. The lowest BCUT2D eigenvalue weighted by molar-refractivity contribution is 0.0863. The molecule has 84 valence electrons. The van der Waals surface area contributed by atoms with Gasteiger partial charge < -0.3 is 10.5 Å². The normalized spacial score (nSPS) is 12.7. The van der Waals surface area contributed by atoms with Gasteiger partial charge in [0.15, 0.2) is 0 Å². The van der Waals surface area contributed by atoms with Gasteiger partial charge >= 0.3 is 0 Å². The Kier molecular flexibility index (Phi) is 6.05. The number of ether oxygens (including phenoxy) is 1. The third kappa shape index (κ3) is 4.96. The monoisotopic (exact) mass is 207 g/mol. The molecule has 1 aromatic carbocycles. The van der Waals surface area contributed by atoms with E-state index in [-0.39, 0.29) is 0 Å². The Hall–Kier alpha value is -0.860. The standard InChI is InChI=1S/C13H21NO/c1-2-6-13(9-14)11-15-10-12-7-4-3-5-8-12/h3-5,7-8,13H,2,6,9-11,14H2,1H3. The fourth-order valence-corrected chi connectivity index (χ4v) is 1.60. The Morgan fingerprint density at radius 1 is 1.27 bits per heavy atom. The summed E-state index contributed by atoms with van der Waals surface area (Å²) in [5, 5.41) is 0. The Labute approximate surface area is 92.4 Å². The Morgan fingerprint density at radius 2 is 2.00 bits per heavy atom. The van der Waals surface area contributed by atoms with Gasteiger partial charge in [-0.1, -0.05) is 43.7 Å².